The molecule has 0 bridgehead atoms. The summed E-state index contributed by atoms with van der Waals surface area (Å²) >= 11 is 0. The topological polar surface area (TPSA) is 54.2 Å². The maximum Gasteiger partial charge on any atom is 0.192 e. The molecular formula is C15H29N5. The number of rotatable bonds is 5. The predicted octanol–water partition coefficient (Wildman–Crippen LogP) is 2.39. The van der Waals surface area contributed by atoms with E-state index < -0.39 is 0 Å². The van der Waals surface area contributed by atoms with Crippen LogP contribution in [0.4, 0.5) is 0 Å². The van der Waals surface area contributed by atoms with E-state index in [2.05, 4.69) is 66.7 Å². The van der Waals surface area contributed by atoms with E-state index in [0.29, 0.717) is 12.5 Å². The van der Waals surface area contributed by atoms with E-state index in [9.17, 15) is 0 Å². The molecule has 0 atom stereocenters. The van der Waals surface area contributed by atoms with E-state index in [1.165, 1.54) is 0 Å². The summed E-state index contributed by atoms with van der Waals surface area (Å²) in [6.07, 6.45) is 3.87. The van der Waals surface area contributed by atoms with E-state index in [1.54, 1.807) is 0 Å². The highest BCUT2D eigenvalue weighted by atomic mass is 15.2. The average molecular weight is 279 g/mol. The molecule has 1 heterocycles. The minimum Gasteiger partial charge on any atom is -0.357 e. The maximum atomic E-state index is 4.62. The monoisotopic (exact) mass is 279 g/mol. The van der Waals surface area contributed by atoms with Gasteiger partial charge in [-0.3, -0.25) is 0 Å². The molecule has 0 saturated carbocycles. The van der Waals surface area contributed by atoms with E-state index in [1.807, 2.05) is 12.4 Å². The van der Waals surface area contributed by atoms with E-state index in [0.717, 1.165) is 24.9 Å². The zero-order chi connectivity index (χ0) is 15.2. The zero-order valence-corrected chi connectivity index (χ0v) is 13.7. The number of aliphatic imine (C=N–C) groups is 1. The van der Waals surface area contributed by atoms with Crippen LogP contribution >= 0.6 is 0 Å². The predicted molar refractivity (Wildman–Crippen MR) is 84.8 cm³/mol. The zero-order valence-electron chi connectivity index (χ0n) is 13.7. The SMILES string of the molecule is CCNC(=NCc1nccn1CC(C)C)NC(C)(C)C. The number of hydrogen-bond donors (Lipinski definition) is 2. The minimum absolute atomic E-state index is 0.00560. The lowest BCUT2D eigenvalue weighted by Crippen LogP contribution is -2.47. The van der Waals surface area contributed by atoms with Crippen molar-refractivity contribution in [2.24, 2.45) is 10.9 Å². The normalized spacial score (nSPS) is 12.8. The number of nitrogens with zero attached hydrogens (tertiary/aromatic N) is 3. The quantitative estimate of drug-likeness (QED) is 0.643. The van der Waals surface area contributed by atoms with Gasteiger partial charge < -0.3 is 15.2 Å². The molecule has 0 aliphatic carbocycles. The van der Waals surface area contributed by atoms with E-state index >= 15 is 0 Å². The Morgan fingerprint density at radius 3 is 2.65 bits per heavy atom. The fourth-order valence-corrected chi connectivity index (χ4v) is 1.86. The summed E-state index contributed by atoms with van der Waals surface area (Å²) in [6.45, 7) is 15.3. The van der Waals surface area contributed by atoms with Crippen LogP contribution in [0.3, 0.4) is 0 Å². The summed E-state index contributed by atoms with van der Waals surface area (Å²) in [7, 11) is 0. The molecule has 0 unspecified atom stereocenters. The first-order valence-electron chi connectivity index (χ1n) is 7.38. The first-order valence-corrected chi connectivity index (χ1v) is 7.38. The molecule has 1 aromatic heterocycles. The Morgan fingerprint density at radius 1 is 1.40 bits per heavy atom. The molecule has 114 valence electrons. The van der Waals surface area contributed by atoms with Crippen molar-refractivity contribution in [3.05, 3.63) is 18.2 Å². The molecule has 5 nitrogen and oxygen atoms in total. The number of aromatic nitrogens is 2. The lowest BCUT2D eigenvalue weighted by Gasteiger charge is -2.23. The van der Waals surface area contributed by atoms with Crippen molar-refractivity contribution in [1.29, 1.82) is 0 Å². The van der Waals surface area contributed by atoms with Gasteiger partial charge in [0.1, 0.15) is 12.4 Å². The van der Waals surface area contributed by atoms with Gasteiger partial charge in [-0.2, -0.15) is 0 Å². The van der Waals surface area contributed by atoms with Crippen molar-refractivity contribution in [2.45, 2.75) is 60.2 Å². The second-order valence-corrected chi connectivity index (χ2v) is 6.46. The van der Waals surface area contributed by atoms with Crippen LogP contribution in [0, 0.1) is 5.92 Å². The number of guanidine groups is 1. The second kappa shape index (κ2) is 7.31. The summed E-state index contributed by atoms with van der Waals surface area (Å²) in [6, 6.07) is 0. The molecule has 0 fully saturated rings. The summed E-state index contributed by atoms with van der Waals surface area (Å²) < 4.78 is 2.18. The molecule has 0 aromatic carbocycles. The largest absolute Gasteiger partial charge is 0.357 e. The first-order chi connectivity index (χ1) is 9.31. The van der Waals surface area contributed by atoms with Gasteiger partial charge in [0.05, 0.1) is 0 Å². The van der Waals surface area contributed by atoms with Crippen molar-refractivity contribution in [2.75, 3.05) is 6.54 Å². The molecular weight excluding hydrogens is 250 g/mol. The molecule has 1 rings (SSSR count). The van der Waals surface area contributed by atoms with Gasteiger partial charge in [-0.1, -0.05) is 13.8 Å². The van der Waals surface area contributed by atoms with Crippen molar-refractivity contribution in [1.82, 2.24) is 20.2 Å². The highest BCUT2D eigenvalue weighted by molar-refractivity contribution is 5.80. The van der Waals surface area contributed by atoms with Crippen LogP contribution < -0.4 is 10.6 Å². The fraction of sp³-hybridized carbons (Fsp3) is 0.733. The van der Waals surface area contributed by atoms with Crippen LogP contribution in [0.5, 0.6) is 0 Å². The van der Waals surface area contributed by atoms with Gasteiger partial charge in [0, 0.05) is 31.0 Å². The highest BCUT2D eigenvalue weighted by Crippen LogP contribution is 2.05. The van der Waals surface area contributed by atoms with Crippen LogP contribution in [0.15, 0.2) is 17.4 Å². The standard InChI is InChI=1S/C15H29N5/c1-7-16-14(19-15(4,5)6)18-10-13-17-8-9-20(13)11-12(2)3/h8-9,12H,7,10-11H2,1-6H3,(H2,16,18,19). The Kier molecular flexibility index (Phi) is 6.05. The van der Waals surface area contributed by atoms with E-state index in [-0.39, 0.29) is 5.54 Å². The van der Waals surface area contributed by atoms with Crippen molar-refractivity contribution in [3.63, 3.8) is 0 Å². The van der Waals surface area contributed by atoms with Crippen LogP contribution in [0.1, 0.15) is 47.4 Å². The Bertz CT molecular complexity index is 426. The molecule has 0 radical (unpaired) electrons. The summed E-state index contributed by atoms with van der Waals surface area (Å²) in [5, 5.41) is 6.65. The maximum absolute atomic E-state index is 4.62. The Balaban J connectivity index is 2.74. The minimum atomic E-state index is -0.00560. The van der Waals surface area contributed by atoms with Gasteiger partial charge >= 0.3 is 0 Å². The van der Waals surface area contributed by atoms with Crippen LogP contribution in [-0.4, -0.2) is 27.6 Å². The molecule has 5 heteroatoms. The van der Waals surface area contributed by atoms with E-state index in [4.69, 9.17) is 0 Å². The fourth-order valence-electron chi connectivity index (χ4n) is 1.86. The number of nitrogens with one attached hydrogen (secondary N) is 2. The molecule has 0 aliphatic heterocycles. The van der Waals surface area contributed by atoms with Crippen LogP contribution in [0.2, 0.25) is 0 Å². The molecule has 2 N–H and O–H groups in total. The Morgan fingerprint density at radius 2 is 2.10 bits per heavy atom. The third-order valence-corrected chi connectivity index (χ3v) is 2.58. The van der Waals surface area contributed by atoms with Gasteiger partial charge in [-0.25, -0.2) is 9.98 Å². The molecule has 0 spiro atoms. The van der Waals surface area contributed by atoms with Crippen LogP contribution in [0.25, 0.3) is 0 Å². The Labute approximate surface area is 122 Å². The molecule has 20 heavy (non-hydrogen) atoms. The van der Waals surface area contributed by atoms with Gasteiger partial charge in [0.2, 0.25) is 0 Å². The molecule has 0 saturated heterocycles. The van der Waals surface area contributed by atoms with Gasteiger partial charge in [-0.15, -0.1) is 0 Å². The summed E-state index contributed by atoms with van der Waals surface area (Å²) in [4.78, 5) is 9.02. The highest BCUT2D eigenvalue weighted by Gasteiger charge is 2.12. The van der Waals surface area contributed by atoms with Gasteiger partial charge in [0.25, 0.3) is 0 Å². The van der Waals surface area contributed by atoms with Crippen molar-refractivity contribution >= 4 is 5.96 Å². The first kappa shape index (κ1) is 16.5. The molecule has 0 amide bonds. The third kappa shape index (κ3) is 6.08. The molecule has 1 aromatic rings. The lowest BCUT2D eigenvalue weighted by atomic mass is 10.1. The smallest absolute Gasteiger partial charge is 0.192 e. The Hall–Kier alpha value is -1.52. The van der Waals surface area contributed by atoms with Crippen molar-refractivity contribution in [3.8, 4) is 0 Å². The number of imidazole rings is 1. The second-order valence-electron chi connectivity index (χ2n) is 6.46. The summed E-state index contributed by atoms with van der Waals surface area (Å²) in [5.74, 6) is 2.44. The average Bonchev–Trinajstić information content (AvgIpc) is 2.71. The molecule has 0 aliphatic rings. The van der Waals surface area contributed by atoms with Crippen LogP contribution in [-0.2, 0) is 13.1 Å². The summed E-state index contributed by atoms with van der Waals surface area (Å²) in [5.41, 5.74) is -0.00560. The number of hydrogen-bond acceptors (Lipinski definition) is 2. The lowest BCUT2D eigenvalue weighted by molar-refractivity contribution is 0.497. The van der Waals surface area contributed by atoms with Gasteiger partial charge in [-0.05, 0) is 33.6 Å². The third-order valence-electron chi connectivity index (χ3n) is 2.58. The van der Waals surface area contributed by atoms with Crippen molar-refractivity contribution < 1.29 is 0 Å². The van der Waals surface area contributed by atoms with Gasteiger partial charge in [0.15, 0.2) is 5.96 Å².